The second-order valence-corrected chi connectivity index (χ2v) is 4.21. The molecule has 0 spiro atoms. The Morgan fingerprint density at radius 3 is 2.67 bits per heavy atom. The molecule has 3 nitrogen and oxygen atoms in total. The third-order valence-electron chi connectivity index (χ3n) is 3.00. The molecule has 15 heavy (non-hydrogen) atoms. The Bertz CT molecular complexity index is 361. The van der Waals surface area contributed by atoms with Crippen LogP contribution in [0.4, 0.5) is 0 Å². The van der Waals surface area contributed by atoms with Crippen LogP contribution in [0.3, 0.4) is 0 Å². The summed E-state index contributed by atoms with van der Waals surface area (Å²) in [6, 6.07) is 6.29. The zero-order valence-corrected chi connectivity index (χ0v) is 8.66. The van der Waals surface area contributed by atoms with Crippen molar-refractivity contribution in [2.24, 2.45) is 5.92 Å². The minimum atomic E-state index is 0.666. The Hall–Kier alpha value is -1.22. The molecule has 1 fully saturated rings. The number of benzene rings is 1. The van der Waals surface area contributed by atoms with E-state index < -0.39 is 0 Å². The van der Waals surface area contributed by atoms with Gasteiger partial charge in [0.1, 0.15) is 13.2 Å². The molecule has 3 rings (SSSR count). The highest BCUT2D eigenvalue weighted by Crippen LogP contribution is 2.31. The molecule has 0 amide bonds. The first-order valence-electron chi connectivity index (χ1n) is 5.51. The van der Waals surface area contributed by atoms with Gasteiger partial charge in [0.25, 0.3) is 0 Å². The number of hydrogen-bond donors (Lipinski definition) is 1. The summed E-state index contributed by atoms with van der Waals surface area (Å²) in [4.78, 5) is 0. The Morgan fingerprint density at radius 2 is 1.93 bits per heavy atom. The van der Waals surface area contributed by atoms with Crippen molar-refractivity contribution in [3.8, 4) is 11.5 Å². The molecule has 1 N–H and O–H groups in total. The Kier molecular flexibility index (Phi) is 2.25. The van der Waals surface area contributed by atoms with Crippen LogP contribution in [0, 0.1) is 5.92 Å². The van der Waals surface area contributed by atoms with Crippen molar-refractivity contribution >= 4 is 0 Å². The van der Waals surface area contributed by atoms with E-state index in [4.69, 9.17) is 9.47 Å². The molecule has 0 aliphatic carbocycles. The van der Waals surface area contributed by atoms with Crippen LogP contribution in [-0.4, -0.2) is 26.3 Å². The van der Waals surface area contributed by atoms with Gasteiger partial charge >= 0.3 is 0 Å². The maximum Gasteiger partial charge on any atom is 0.161 e. The summed E-state index contributed by atoms with van der Waals surface area (Å²) in [5.74, 6) is 2.59. The second kappa shape index (κ2) is 3.74. The maximum atomic E-state index is 5.56. The normalized spacial score (nSPS) is 19.7. The summed E-state index contributed by atoms with van der Waals surface area (Å²) in [7, 11) is 0. The molecule has 1 aromatic carbocycles. The first-order valence-corrected chi connectivity index (χ1v) is 5.51. The van der Waals surface area contributed by atoms with E-state index in [0.717, 1.165) is 36.9 Å². The lowest BCUT2D eigenvalue weighted by atomic mass is 9.94. The predicted molar refractivity (Wildman–Crippen MR) is 57.5 cm³/mol. The molecule has 1 saturated heterocycles. The van der Waals surface area contributed by atoms with E-state index in [1.165, 1.54) is 5.56 Å². The topological polar surface area (TPSA) is 30.5 Å². The van der Waals surface area contributed by atoms with Gasteiger partial charge in [0.15, 0.2) is 11.5 Å². The maximum absolute atomic E-state index is 5.56. The molecular formula is C12H15NO2. The monoisotopic (exact) mass is 205 g/mol. The van der Waals surface area contributed by atoms with Gasteiger partial charge in [-0.1, -0.05) is 6.07 Å². The summed E-state index contributed by atoms with van der Waals surface area (Å²) >= 11 is 0. The number of rotatable bonds is 2. The van der Waals surface area contributed by atoms with Gasteiger partial charge in [0.05, 0.1) is 0 Å². The van der Waals surface area contributed by atoms with E-state index in [1.807, 2.05) is 6.07 Å². The molecule has 1 aromatic rings. The molecule has 0 saturated carbocycles. The molecule has 0 bridgehead atoms. The average Bonchev–Trinajstić information content (AvgIpc) is 2.23. The first kappa shape index (κ1) is 9.04. The molecule has 2 heterocycles. The van der Waals surface area contributed by atoms with E-state index in [0.29, 0.717) is 13.2 Å². The number of hydrogen-bond acceptors (Lipinski definition) is 3. The van der Waals surface area contributed by atoms with Crippen LogP contribution >= 0.6 is 0 Å². The van der Waals surface area contributed by atoms with Crippen molar-refractivity contribution in [2.75, 3.05) is 26.3 Å². The van der Waals surface area contributed by atoms with Crippen LogP contribution in [0.5, 0.6) is 11.5 Å². The average molecular weight is 205 g/mol. The Labute approximate surface area is 89.4 Å². The molecule has 3 heteroatoms. The van der Waals surface area contributed by atoms with Crippen molar-refractivity contribution in [1.29, 1.82) is 0 Å². The van der Waals surface area contributed by atoms with Crippen LogP contribution in [0.1, 0.15) is 5.56 Å². The van der Waals surface area contributed by atoms with Gasteiger partial charge in [-0.25, -0.2) is 0 Å². The largest absolute Gasteiger partial charge is 0.486 e. The smallest absolute Gasteiger partial charge is 0.161 e. The Balaban J connectivity index is 1.77. The van der Waals surface area contributed by atoms with E-state index in [9.17, 15) is 0 Å². The fourth-order valence-electron chi connectivity index (χ4n) is 2.04. The molecular weight excluding hydrogens is 190 g/mol. The highest BCUT2D eigenvalue weighted by Gasteiger charge is 2.18. The van der Waals surface area contributed by atoms with Crippen molar-refractivity contribution in [3.63, 3.8) is 0 Å². The van der Waals surface area contributed by atoms with Crippen molar-refractivity contribution in [1.82, 2.24) is 5.32 Å². The van der Waals surface area contributed by atoms with Crippen LogP contribution in [0.25, 0.3) is 0 Å². The quantitative estimate of drug-likeness (QED) is 0.787. The third-order valence-corrected chi connectivity index (χ3v) is 3.00. The Morgan fingerprint density at radius 1 is 1.13 bits per heavy atom. The minimum absolute atomic E-state index is 0.666. The van der Waals surface area contributed by atoms with Gasteiger partial charge in [-0.05, 0) is 43.1 Å². The molecule has 0 radical (unpaired) electrons. The predicted octanol–water partition coefficient (Wildman–Crippen LogP) is 1.22. The van der Waals surface area contributed by atoms with E-state index in [-0.39, 0.29) is 0 Å². The van der Waals surface area contributed by atoms with E-state index in [2.05, 4.69) is 17.4 Å². The molecule has 2 aliphatic rings. The highest BCUT2D eigenvalue weighted by atomic mass is 16.6. The molecule has 0 unspecified atom stereocenters. The number of fused-ring (bicyclic) bond motifs is 1. The molecule has 80 valence electrons. The zero-order valence-electron chi connectivity index (χ0n) is 8.66. The minimum Gasteiger partial charge on any atom is -0.486 e. The summed E-state index contributed by atoms with van der Waals surface area (Å²) in [6.45, 7) is 3.63. The SMILES string of the molecule is c1cc2c(cc1CC1CNC1)OCCO2. The van der Waals surface area contributed by atoms with Crippen molar-refractivity contribution < 1.29 is 9.47 Å². The summed E-state index contributed by atoms with van der Waals surface area (Å²) in [5.41, 5.74) is 1.35. The van der Waals surface area contributed by atoms with Gasteiger partial charge in [-0.3, -0.25) is 0 Å². The summed E-state index contributed by atoms with van der Waals surface area (Å²) in [5, 5.41) is 3.29. The first-order chi connectivity index (χ1) is 7.42. The van der Waals surface area contributed by atoms with Gasteiger partial charge in [0, 0.05) is 0 Å². The molecule has 0 aromatic heterocycles. The van der Waals surface area contributed by atoms with Gasteiger partial charge in [0.2, 0.25) is 0 Å². The van der Waals surface area contributed by atoms with Crippen molar-refractivity contribution in [3.05, 3.63) is 23.8 Å². The fourth-order valence-corrected chi connectivity index (χ4v) is 2.04. The van der Waals surface area contributed by atoms with Crippen molar-refractivity contribution in [2.45, 2.75) is 6.42 Å². The summed E-state index contributed by atoms with van der Waals surface area (Å²) < 4.78 is 11.0. The van der Waals surface area contributed by atoms with E-state index in [1.54, 1.807) is 0 Å². The van der Waals surface area contributed by atoms with Crippen LogP contribution in [0.2, 0.25) is 0 Å². The fraction of sp³-hybridized carbons (Fsp3) is 0.500. The lowest BCUT2D eigenvalue weighted by Gasteiger charge is -2.27. The summed E-state index contributed by atoms with van der Waals surface area (Å²) in [6.07, 6.45) is 1.14. The molecule has 0 atom stereocenters. The van der Waals surface area contributed by atoms with Crippen LogP contribution in [0.15, 0.2) is 18.2 Å². The second-order valence-electron chi connectivity index (χ2n) is 4.21. The standard InChI is InChI=1S/C12H15NO2/c1-2-11-12(15-4-3-14-11)6-9(1)5-10-7-13-8-10/h1-2,6,10,13H,3-5,7-8H2. The lowest BCUT2D eigenvalue weighted by molar-refractivity contribution is 0.171. The van der Waals surface area contributed by atoms with E-state index >= 15 is 0 Å². The zero-order chi connectivity index (χ0) is 10.1. The third kappa shape index (κ3) is 1.79. The molecule has 2 aliphatic heterocycles. The van der Waals surface area contributed by atoms with Crippen LogP contribution in [-0.2, 0) is 6.42 Å². The van der Waals surface area contributed by atoms with Gasteiger partial charge in [-0.15, -0.1) is 0 Å². The van der Waals surface area contributed by atoms with Gasteiger partial charge in [-0.2, -0.15) is 0 Å². The lowest BCUT2D eigenvalue weighted by Crippen LogP contribution is -2.43. The van der Waals surface area contributed by atoms with Gasteiger partial charge < -0.3 is 14.8 Å². The highest BCUT2D eigenvalue weighted by molar-refractivity contribution is 5.43. The number of nitrogens with one attached hydrogen (secondary N) is 1. The number of ether oxygens (including phenoxy) is 2. The van der Waals surface area contributed by atoms with Crippen LogP contribution < -0.4 is 14.8 Å².